The van der Waals surface area contributed by atoms with Crippen LogP contribution in [0.1, 0.15) is 24.4 Å². The molecule has 2 aromatic rings. The molecule has 3 rings (SSSR count). The Morgan fingerprint density at radius 1 is 1.50 bits per heavy atom. The number of aryl methyl sites for hydroxylation is 1. The molecule has 0 aliphatic heterocycles. The third kappa shape index (κ3) is 1.38. The van der Waals surface area contributed by atoms with Gasteiger partial charge in [0.2, 0.25) is 0 Å². The Labute approximate surface area is 93.9 Å². The third-order valence-electron chi connectivity index (χ3n) is 3.33. The van der Waals surface area contributed by atoms with Crippen LogP contribution in [0, 0.1) is 6.92 Å². The molecule has 0 bridgehead atoms. The first-order valence-corrected chi connectivity index (χ1v) is 5.56. The molecular formula is C12H15N3O. The van der Waals surface area contributed by atoms with Gasteiger partial charge in [0.25, 0.3) is 0 Å². The number of imidazole rings is 1. The number of nitrogens with two attached hydrogens (primary N) is 1. The van der Waals surface area contributed by atoms with Crippen molar-refractivity contribution in [3.05, 3.63) is 29.9 Å². The van der Waals surface area contributed by atoms with Crippen LogP contribution in [0.3, 0.4) is 0 Å². The fraction of sp³-hybridized carbons (Fsp3) is 0.417. The van der Waals surface area contributed by atoms with Gasteiger partial charge in [0.05, 0.1) is 6.20 Å². The number of aromatic nitrogens is 2. The van der Waals surface area contributed by atoms with E-state index >= 15 is 0 Å². The third-order valence-corrected chi connectivity index (χ3v) is 3.33. The zero-order valence-corrected chi connectivity index (χ0v) is 9.29. The second-order valence-electron chi connectivity index (χ2n) is 4.54. The molecule has 1 aliphatic carbocycles. The molecule has 0 radical (unpaired) electrons. The van der Waals surface area contributed by atoms with E-state index in [1.54, 1.807) is 0 Å². The van der Waals surface area contributed by atoms with Gasteiger partial charge in [-0.05, 0) is 31.9 Å². The van der Waals surface area contributed by atoms with E-state index < -0.39 is 0 Å². The van der Waals surface area contributed by atoms with Gasteiger partial charge in [-0.25, -0.2) is 4.98 Å². The standard InChI is InChI=1S/C12H15N3O/c1-8-2-3-10(16-8)9-6-14-11(15-9)12(7-13)4-5-12/h2-3,6H,4-5,7,13H2,1H3,(H,14,15). The van der Waals surface area contributed by atoms with Crippen molar-refractivity contribution in [3.63, 3.8) is 0 Å². The van der Waals surface area contributed by atoms with E-state index in [0.29, 0.717) is 6.54 Å². The van der Waals surface area contributed by atoms with Crippen LogP contribution in [-0.4, -0.2) is 16.5 Å². The first-order chi connectivity index (χ1) is 7.73. The Balaban J connectivity index is 1.94. The summed E-state index contributed by atoms with van der Waals surface area (Å²) < 4.78 is 5.55. The molecule has 0 saturated heterocycles. The summed E-state index contributed by atoms with van der Waals surface area (Å²) in [5, 5.41) is 0. The molecule has 0 amide bonds. The molecule has 1 saturated carbocycles. The quantitative estimate of drug-likeness (QED) is 0.825. The first kappa shape index (κ1) is 9.66. The Morgan fingerprint density at radius 2 is 2.31 bits per heavy atom. The lowest BCUT2D eigenvalue weighted by atomic mass is 10.1. The first-order valence-electron chi connectivity index (χ1n) is 5.56. The molecule has 0 atom stereocenters. The number of nitrogens with one attached hydrogen (secondary N) is 1. The predicted molar refractivity (Wildman–Crippen MR) is 61.0 cm³/mol. The molecule has 1 fully saturated rings. The van der Waals surface area contributed by atoms with Crippen molar-refractivity contribution in [3.8, 4) is 11.5 Å². The monoisotopic (exact) mass is 217 g/mol. The van der Waals surface area contributed by atoms with Crippen molar-refractivity contribution in [2.24, 2.45) is 5.73 Å². The van der Waals surface area contributed by atoms with E-state index in [9.17, 15) is 0 Å². The van der Waals surface area contributed by atoms with E-state index in [1.807, 2.05) is 25.3 Å². The number of hydrogen-bond donors (Lipinski definition) is 2. The van der Waals surface area contributed by atoms with Crippen molar-refractivity contribution < 1.29 is 4.42 Å². The van der Waals surface area contributed by atoms with Gasteiger partial charge in [0.1, 0.15) is 17.3 Å². The normalized spacial score (nSPS) is 17.6. The van der Waals surface area contributed by atoms with Gasteiger partial charge in [0.15, 0.2) is 5.76 Å². The zero-order valence-electron chi connectivity index (χ0n) is 9.29. The van der Waals surface area contributed by atoms with E-state index in [0.717, 1.165) is 35.9 Å². The Bertz CT molecular complexity index is 508. The lowest BCUT2D eigenvalue weighted by molar-refractivity contribution is 0.546. The highest BCUT2D eigenvalue weighted by Gasteiger charge is 2.45. The molecule has 4 heteroatoms. The number of aromatic amines is 1. The number of H-pyrrole nitrogens is 1. The summed E-state index contributed by atoms with van der Waals surface area (Å²) >= 11 is 0. The van der Waals surface area contributed by atoms with Gasteiger partial charge in [-0.3, -0.25) is 0 Å². The van der Waals surface area contributed by atoms with E-state index in [1.165, 1.54) is 0 Å². The molecule has 16 heavy (non-hydrogen) atoms. The number of furan rings is 1. The van der Waals surface area contributed by atoms with Gasteiger partial charge < -0.3 is 15.1 Å². The van der Waals surface area contributed by atoms with E-state index in [2.05, 4.69) is 9.97 Å². The maximum Gasteiger partial charge on any atom is 0.152 e. The Hall–Kier alpha value is -1.55. The molecular weight excluding hydrogens is 202 g/mol. The summed E-state index contributed by atoms with van der Waals surface area (Å²) in [5.74, 6) is 2.74. The van der Waals surface area contributed by atoms with Crippen LogP contribution >= 0.6 is 0 Å². The molecule has 3 N–H and O–H groups in total. The largest absolute Gasteiger partial charge is 0.460 e. The van der Waals surface area contributed by atoms with Crippen LogP contribution in [0.5, 0.6) is 0 Å². The van der Waals surface area contributed by atoms with Crippen molar-refractivity contribution in [2.45, 2.75) is 25.2 Å². The highest BCUT2D eigenvalue weighted by atomic mass is 16.3. The number of rotatable bonds is 3. The zero-order chi connectivity index (χ0) is 11.2. The van der Waals surface area contributed by atoms with Crippen molar-refractivity contribution >= 4 is 0 Å². The minimum atomic E-state index is 0.111. The topological polar surface area (TPSA) is 67.8 Å². The molecule has 4 nitrogen and oxygen atoms in total. The second kappa shape index (κ2) is 3.22. The molecule has 84 valence electrons. The van der Waals surface area contributed by atoms with Crippen LogP contribution in [0.15, 0.2) is 22.7 Å². The summed E-state index contributed by atoms with van der Waals surface area (Å²) in [5.41, 5.74) is 6.81. The van der Waals surface area contributed by atoms with E-state index in [4.69, 9.17) is 10.2 Å². The Kier molecular flexibility index (Phi) is 1.94. The highest BCUT2D eigenvalue weighted by molar-refractivity contribution is 5.52. The van der Waals surface area contributed by atoms with Gasteiger partial charge in [-0.2, -0.15) is 0 Å². The van der Waals surface area contributed by atoms with Crippen LogP contribution < -0.4 is 5.73 Å². The van der Waals surface area contributed by atoms with Gasteiger partial charge in [-0.15, -0.1) is 0 Å². The molecule has 2 aromatic heterocycles. The number of nitrogens with zero attached hydrogens (tertiary/aromatic N) is 1. The highest BCUT2D eigenvalue weighted by Crippen LogP contribution is 2.46. The minimum absolute atomic E-state index is 0.111. The average Bonchev–Trinajstić information content (AvgIpc) is 2.74. The number of hydrogen-bond acceptors (Lipinski definition) is 3. The van der Waals surface area contributed by atoms with Crippen molar-refractivity contribution in [1.29, 1.82) is 0 Å². The van der Waals surface area contributed by atoms with Crippen LogP contribution in [0.4, 0.5) is 0 Å². The molecule has 2 heterocycles. The molecule has 0 spiro atoms. The SMILES string of the molecule is Cc1ccc(-c2cnc(C3(CN)CC3)[nH]2)o1. The van der Waals surface area contributed by atoms with Crippen LogP contribution in [-0.2, 0) is 5.41 Å². The molecule has 0 unspecified atom stereocenters. The Morgan fingerprint density at radius 3 is 2.88 bits per heavy atom. The summed E-state index contributed by atoms with van der Waals surface area (Å²) in [7, 11) is 0. The fourth-order valence-electron chi connectivity index (χ4n) is 1.98. The minimum Gasteiger partial charge on any atom is -0.460 e. The maximum absolute atomic E-state index is 5.77. The predicted octanol–water partition coefficient (Wildman–Crippen LogP) is 1.97. The fourth-order valence-corrected chi connectivity index (χ4v) is 1.98. The summed E-state index contributed by atoms with van der Waals surface area (Å²) in [6.45, 7) is 2.60. The van der Waals surface area contributed by atoms with E-state index in [-0.39, 0.29) is 5.41 Å². The lowest BCUT2D eigenvalue weighted by Gasteiger charge is -2.07. The van der Waals surface area contributed by atoms with Gasteiger partial charge >= 0.3 is 0 Å². The molecule has 1 aliphatic rings. The van der Waals surface area contributed by atoms with Gasteiger partial charge in [0, 0.05) is 12.0 Å². The average molecular weight is 217 g/mol. The summed E-state index contributed by atoms with van der Waals surface area (Å²) in [6.07, 6.45) is 4.09. The maximum atomic E-state index is 5.77. The summed E-state index contributed by atoms with van der Waals surface area (Å²) in [6, 6.07) is 3.90. The van der Waals surface area contributed by atoms with Crippen molar-refractivity contribution in [1.82, 2.24) is 9.97 Å². The van der Waals surface area contributed by atoms with Gasteiger partial charge in [-0.1, -0.05) is 0 Å². The smallest absolute Gasteiger partial charge is 0.152 e. The van der Waals surface area contributed by atoms with Crippen LogP contribution in [0.2, 0.25) is 0 Å². The second-order valence-corrected chi connectivity index (χ2v) is 4.54. The molecule has 0 aromatic carbocycles. The van der Waals surface area contributed by atoms with Crippen LogP contribution in [0.25, 0.3) is 11.5 Å². The van der Waals surface area contributed by atoms with Crippen molar-refractivity contribution in [2.75, 3.05) is 6.54 Å². The summed E-state index contributed by atoms with van der Waals surface area (Å²) in [4.78, 5) is 7.72. The lowest BCUT2D eigenvalue weighted by Crippen LogP contribution is -2.21.